The fourth-order valence-electron chi connectivity index (χ4n) is 3.39. The van der Waals surface area contributed by atoms with Crippen LogP contribution in [-0.4, -0.2) is 13.1 Å². The SMILES string of the molecule is CC(C)C12CNCC(C(C)C)(C1)C2. The summed E-state index contributed by atoms with van der Waals surface area (Å²) in [5.74, 6) is 1.71. The maximum Gasteiger partial charge on any atom is 0.00109 e. The molecule has 2 heterocycles. The normalized spacial score (nSPS) is 43.8. The van der Waals surface area contributed by atoms with Crippen molar-refractivity contribution in [2.45, 2.75) is 40.5 Å². The molecule has 2 bridgehead atoms. The summed E-state index contributed by atoms with van der Waals surface area (Å²) in [7, 11) is 0. The van der Waals surface area contributed by atoms with Gasteiger partial charge in [0.05, 0.1) is 0 Å². The summed E-state index contributed by atoms with van der Waals surface area (Å²) in [6.07, 6.45) is 2.95. The van der Waals surface area contributed by atoms with Crippen LogP contribution >= 0.6 is 0 Å². The Hall–Kier alpha value is -0.0400. The monoisotopic (exact) mass is 181 g/mol. The van der Waals surface area contributed by atoms with Gasteiger partial charge in [-0.3, -0.25) is 0 Å². The topological polar surface area (TPSA) is 12.0 Å². The van der Waals surface area contributed by atoms with Crippen molar-refractivity contribution in [3.63, 3.8) is 0 Å². The van der Waals surface area contributed by atoms with E-state index in [1.807, 2.05) is 0 Å². The zero-order chi connectivity index (χ0) is 9.69. The Morgan fingerprint density at radius 1 is 0.846 bits per heavy atom. The summed E-state index contributed by atoms with van der Waals surface area (Å²) in [6, 6.07) is 0. The molecule has 0 radical (unpaired) electrons. The number of fused-ring (bicyclic) bond motifs is 2. The Labute approximate surface area is 82.3 Å². The van der Waals surface area contributed by atoms with E-state index < -0.39 is 0 Å². The van der Waals surface area contributed by atoms with Crippen LogP contribution in [0.4, 0.5) is 0 Å². The number of nitrogens with one attached hydrogen (secondary N) is 1. The van der Waals surface area contributed by atoms with Gasteiger partial charge in [-0.1, -0.05) is 27.7 Å². The lowest BCUT2D eigenvalue weighted by Crippen LogP contribution is -2.65. The molecule has 3 rings (SSSR count). The minimum Gasteiger partial charge on any atom is -0.316 e. The van der Waals surface area contributed by atoms with E-state index in [1.165, 1.54) is 25.9 Å². The predicted molar refractivity (Wildman–Crippen MR) is 56.6 cm³/mol. The molecule has 1 saturated carbocycles. The first-order valence-electron chi connectivity index (χ1n) is 5.72. The molecule has 0 spiro atoms. The molecule has 2 saturated heterocycles. The zero-order valence-electron chi connectivity index (χ0n) is 9.48. The Kier molecular flexibility index (Phi) is 1.99. The first-order chi connectivity index (χ1) is 6.01. The highest BCUT2D eigenvalue weighted by atomic mass is 15.0. The van der Waals surface area contributed by atoms with Crippen LogP contribution in [0.2, 0.25) is 0 Å². The fourth-order valence-corrected chi connectivity index (χ4v) is 3.39. The summed E-state index contributed by atoms with van der Waals surface area (Å²) in [5, 5.41) is 3.63. The molecule has 0 atom stereocenters. The van der Waals surface area contributed by atoms with Crippen molar-refractivity contribution in [1.29, 1.82) is 0 Å². The molecule has 1 nitrogen and oxygen atoms in total. The number of hydrogen-bond donors (Lipinski definition) is 1. The van der Waals surface area contributed by atoms with Gasteiger partial charge in [-0.05, 0) is 35.5 Å². The molecule has 76 valence electrons. The summed E-state index contributed by atoms with van der Waals surface area (Å²) in [5.41, 5.74) is 1.31. The van der Waals surface area contributed by atoms with Gasteiger partial charge in [0.25, 0.3) is 0 Å². The molecule has 1 aliphatic carbocycles. The molecule has 1 heteroatoms. The third-order valence-electron chi connectivity index (χ3n) is 4.81. The molecule has 0 aromatic rings. The quantitative estimate of drug-likeness (QED) is 0.690. The van der Waals surface area contributed by atoms with E-state index in [0.29, 0.717) is 10.8 Å². The molecule has 3 fully saturated rings. The molecule has 0 amide bonds. The van der Waals surface area contributed by atoms with Gasteiger partial charge in [-0.25, -0.2) is 0 Å². The third kappa shape index (κ3) is 1.16. The van der Waals surface area contributed by atoms with E-state index in [0.717, 1.165) is 11.8 Å². The Morgan fingerprint density at radius 3 is 1.54 bits per heavy atom. The average molecular weight is 181 g/mol. The highest BCUT2D eigenvalue weighted by molar-refractivity contribution is 5.11. The van der Waals surface area contributed by atoms with Crippen LogP contribution in [0.1, 0.15) is 40.5 Å². The van der Waals surface area contributed by atoms with E-state index in [2.05, 4.69) is 33.0 Å². The molecular formula is C12H23N. The van der Waals surface area contributed by atoms with Gasteiger partial charge in [-0.2, -0.15) is 0 Å². The first kappa shape index (κ1) is 9.51. The highest BCUT2D eigenvalue weighted by Crippen LogP contribution is 2.63. The molecular weight excluding hydrogens is 158 g/mol. The van der Waals surface area contributed by atoms with Gasteiger partial charge in [0.15, 0.2) is 0 Å². The first-order valence-corrected chi connectivity index (χ1v) is 5.72. The van der Waals surface area contributed by atoms with Gasteiger partial charge in [-0.15, -0.1) is 0 Å². The maximum atomic E-state index is 3.63. The van der Waals surface area contributed by atoms with E-state index in [4.69, 9.17) is 0 Å². The van der Waals surface area contributed by atoms with Crippen molar-refractivity contribution in [2.24, 2.45) is 22.7 Å². The van der Waals surface area contributed by atoms with Crippen LogP contribution < -0.4 is 5.32 Å². The number of rotatable bonds is 2. The van der Waals surface area contributed by atoms with E-state index in [-0.39, 0.29) is 0 Å². The average Bonchev–Trinajstić information content (AvgIpc) is 2.02. The maximum absolute atomic E-state index is 3.63. The number of piperidine rings is 2. The third-order valence-corrected chi connectivity index (χ3v) is 4.81. The van der Waals surface area contributed by atoms with Crippen molar-refractivity contribution >= 4 is 0 Å². The van der Waals surface area contributed by atoms with Crippen LogP contribution in [0, 0.1) is 22.7 Å². The summed E-state index contributed by atoms with van der Waals surface area (Å²) < 4.78 is 0. The Balaban J connectivity index is 2.11. The lowest BCUT2D eigenvalue weighted by molar-refractivity contribution is -0.131. The van der Waals surface area contributed by atoms with Crippen LogP contribution in [0.5, 0.6) is 0 Å². The predicted octanol–water partition coefficient (Wildman–Crippen LogP) is 2.67. The van der Waals surface area contributed by atoms with Crippen molar-refractivity contribution in [2.75, 3.05) is 13.1 Å². The molecule has 0 aromatic heterocycles. The van der Waals surface area contributed by atoms with Crippen LogP contribution in [0.3, 0.4) is 0 Å². The zero-order valence-corrected chi connectivity index (χ0v) is 9.48. The van der Waals surface area contributed by atoms with E-state index >= 15 is 0 Å². The molecule has 2 aliphatic heterocycles. The second kappa shape index (κ2) is 2.73. The second-order valence-corrected chi connectivity index (χ2v) is 5.99. The molecule has 0 aromatic carbocycles. The van der Waals surface area contributed by atoms with E-state index in [9.17, 15) is 0 Å². The van der Waals surface area contributed by atoms with Crippen molar-refractivity contribution in [1.82, 2.24) is 5.32 Å². The van der Waals surface area contributed by atoms with Gasteiger partial charge < -0.3 is 5.32 Å². The standard InChI is InChI=1S/C12H23N/c1-9(2)11-5-12(6-11,10(3)4)8-13-7-11/h9-10,13H,5-8H2,1-4H3. The lowest BCUT2D eigenvalue weighted by atomic mass is 9.44. The van der Waals surface area contributed by atoms with E-state index in [1.54, 1.807) is 0 Å². The molecule has 3 aliphatic rings. The minimum absolute atomic E-state index is 0.655. The van der Waals surface area contributed by atoms with Crippen molar-refractivity contribution < 1.29 is 0 Å². The smallest absolute Gasteiger partial charge is 0.00109 e. The summed E-state index contributed by atoms with van der Waals surface area (Å²) in [4.78, 5) is 0. The van der Waals surface area contributed by atoms with Crippen LogP contribution in [0.25, 0.3) is 0 Å². The highest BCUT2D eigenvalue weighted by Gasteiger charge is 2.59. The Bertz CT molecular complexity index is 179. The molecule has 0 unspecified atom stereocenters. The van der Waals surface area contributed by atoms with Gasteiger partial charge in [0, 0.05) is 13.1 Å². The Morgan fingerprint density at radius 2 is 1.23 bits per heavy atom. The van der Waals surface area contributed by atoms with Gasteiger partial charge in [0.2, 0.25) is 0 Å². The van der Waals surface area contributed by atoms with Crippen LogP contribution in [0.15, 0.2) is 0 Å². The summed E-state index contributed by atoms with van der Waals surface area (Å²) >= 11 is 0. The molecule has 13 heavy (non-hydrogen) atoms. The van der Waals surface area contributed by atoms with Crippen molar-refractivity contribution in [3.8, 4) is 0 Å². The summed E-state index contributed by atoms with van der Waals surface area (Å²) in [6.45, 7) is 12.1. The molecule has 1 N–H and O–H groups in total. The second-order valence-electron chi connectivity index (χ2n) is 5.99. The lowest BCUT2D eigenvalue weighted by Gasteiger charge is -2.65. The largest absolute Gasteiger partial charge is 0.316 e. The van der Waals surface area contributed by atoms with Crippen molar-refractivity contribution in [3.05, 3.63) is 0 Å². The van der Waals surface area contributed by atoms with Gasteiger partial charge >= 0.3 is 0 Å². The fraction of sp³-hybridized carbons (Fsp3) is 1.00. The van der Waals surface area contributed by atoms with Gasteiger partial charge in [0.1, 0.15) is 0 Å². The van der Waals surface area contributed by atoms with Crippen LogP contribution in [-0.2, 0) is 0 Å². The number of hydrogen-bond acceptors (Lipinski definition) is 1. The minimum atomic E-state index is 0.655.